The van der Waals surface area contributed by atoms with Crippen molar-refractivity contribution in [2.45, 2.75) is 58.7 Å². The summed E-state index contributed by atoms with van der Waals surface area (Å²) in [5, 5.41) is 12.6. The molecular formula is C21H23ClFN7O2. The summed E-state index contributed by atoms with van der Waals surface area (Å²) < 4.78 is 15.9. The van der Waals surface area contributed by atoms with Crippen molar-refractivity contribution in [2.75, 3.05) is 0 Å². The topological polar surface area (TPSA) is 100.0 Å². The van der Waals surface area contributed by atoms with Crippen LogP contribution in [-0.4, -0.2) is 34.5 Å². The highest BCUT2D eigenvalue weighted by Crippen LogP contribution is 2.24. The Balaban J connectivity index is 1.43. The van der Waals surface area contributed by atoms with Crippen LogP contribution in [0.1, 0.15) is 38.2 Å². The first-order chi connectivity index (χ1) is 15.5. The van der Waals surface area contributed by atoms with Crippen LogP contribution in [0.15, 0.2) is 38.8 Å². The minimum atomic E-state index is -0.352. The monoisotopic (exact) mass is 459 g/mol. The lowest BCUT2D eigenvalue weighted by Gasteiger charge is -2.13. The minimum Gasteiger partial charge on any atom is -0.278 e. The minimum absolute atomic E-state index is 0.261. The molecule has 0 aliphatic carbocycles. The van der Waals surface area contributed by atoms with Crippen molar-refractivity contribution in [1.29, 1.82) is 0 Å². The molecule has 3 heterocycles. The molecule has 0 atom stereocenters. The third-order valence-corrected chi connectivity index (χ3v) is 5.54. The average Bonchev–Trinajstić information content (AvgIpc) is 3.40. The predicted octanol–water partition coefficient (Wildman–Crippen LogP) is 2.91. The summed E-state index contributed by atoms with van der Waals surface area (Å²) in [7, 11) is 0. The van der Waals surface area contributed by atoms with E-state index in [1.807, 2.05) is 6.92 Å². The van der Waals surface area contributed by atoms with E-state index >= 15 is 0 Å². The highest BCUT2D eigenvalue weighted by molar-refractivity contribution is 6.66. The number of fused-ring (bicyclic) bond motifs is 1. The fourth-order valence-electron chi connectivity index (χ4n) is 3.62. The molecule has 1 aliphatic rings. The van der Waals surface area contributed by atoms with E-state index in [2.05, 4.69) is 20.4 Å². The summed E-state index contributed by atoms with van der Waals surface area (Å²) in [6.45, 7) is 3.30. The second-order valence-electron chi connectivity index (χ2n) is 7.63. The van der Waals surface area contributed by atoms with Crippen molar-refractivity contribution in [2.24, 2.45) is 4.99 Å². The molecule has 9 nitrogen and oxygen atoms in total. The highest BCUT2D eigenvalue weighted by atomic mass is 35.5. The van der Waals surface area contributed by atoms with E-state index in [1.54, 1.807) is 16.7 Å². The molecule has 0 bridgehead atoms. The maximum Gasteiger partial charge on any atom is 0.332 e. The molecule has 32 heavy (non-hydrogen) atoms. The van der Waals surface area contributed by atoms with E-state index in [4.69, 9.17) is 11.6 Å². The first-order valence-corrected chi connectivity index (χ1v) is 11.0. The molecule has 3 aromatic rings. The van der Waals surface area contributed by atoms with Gasteiger partial charge in [0, 0.05) is 25.1 Å². The number of rotatable bonds is 9. The van der Waals surface area contributed by atoms with Crippen molar-refractivity contribution < 1.29 is 4.39 Å². The molecular weight excluding hydrogens is 437 g/mol. The molecule has 0 radical (unpaired) electrons. The largest absolute Gasteiger partial charge is 0.332 e. The van der Waals surface area contributed by atoms with Crippen LogP contribution in [0.25, 0.3) is 11.4 Å². The molecule has 0 amide bonds. The Bertz CT molecular complexity index is 1260. The van der Waals surface area contributed by atoms with Gasteiger partial charge in [0.1, 0.15) is 16.8 Å². The Morgan fingerprint density at radius 3 is 2.50 bits per heavy atom. The smallest absolute Gasteiger partial charge is 0.278 e. The van der Waals surface area contributed by atoms with Gasteiger partial charge in [0.2, 0.25) is 5.82 Å². The first-order valence-electron chi connectivity index (χ1n) is 10.6. The zero-order valence-electron chi connectivity index (χ0n) is 17.7. The van der Waals surface area contributed by atoms with Crippen LogP contribution in [0, 0.1) is 5.82 Å². The lowest BCUT2D eigenvalue weighted by molar-refractivity contribution is 0.454. The van der Waals surface area contributed by atoms with Crippen LogP contribution in [0.5, 0.6) is 0 Å². The summed E-state index contributed by atoms with van der Waals surface area (Å²) in [6, 6.07) is 5.87. The van der Waals surface area contributed by atoms with Crippen LogP contribution in [0.4, 0.5) is 10.2 Å². The summed E-state index contributed by atoms with van der Waals surface area (Å²) >= 11 is 6.05. The van der Waals surface area contributed by atoms with Gasteiger partial charge in [-0.15, -0.1) is 10.2 Å². The number of unbranched alkanes of at least 4 members (excludes halogenated alkanes) is 2. The molecule has 1 aliphatic heterocycles. The van der Waals surface area contributed by atoms with Gasteiger partial charge >= 0.3 is 5.69 Å². The Morgan fingerprint density at radius 2 is 1.75 bits per heavy atom. The molecule has 2 aromatic heterocycles. The number of hydrogen-bond donors (Lipinski definition) is 0. The van der Waals surface area contributed by atoms with Gasteiger partial charge in [-0.2, -0.15) is 4.80 Å². The molecule has 4 rings (SSSR count). The van der Waals surface area contributed by atoms with E-state index in [-0.39, 0.29) is 30.0 Å². The third kappa shape index (κ3) is 4.55. The Kier molecular flexibility index (Phi) is 6.59. The van der Waals surface area contributed by atoms with Crippen molar-refractivity contribution in [3.8, 4) is 11.4 Å². The second-order valence-corrected chi connectivity index (χ2v) is 8.07. The number of aromatic nitrogens is 6. The Hall–Kier alpha value is -3.14. The summed E-state index contributed by atoms with van der Waals surface area (Å²) in [6.07, 6.45) is 3.23. The molecule has 168 valence electrons. The lowest BCUT2D eigenvalue weighted by atomic mass is 10.2. The molecule has 0 fully saturated rings. The van der Waals surface area contributed by atoms with Crippen molar-refractivity contribution >= 4 is 22.6 Å². The zero-order chi connectivity index (χ0) is 22.7. The van der Waals surface area contributed by atoms with Gasteiger partial charge in [-0.25, -0.2) is 14.2 Å². The molecule has 0 N–H and O–H groups in total. The van der Waals surface area contributed by atoms with E-state index < -0.39 is 0 Å². The number of halogens is 2. The van der Waals surface area contributed by atoms with E-state index in [0.717, 1.165) is 12.8 Å². The van der Waals surface area contributed by atoms with Crippen molar-refractivity contribution in [3.05, 3.63) is 56.5 Å². The summed E-state index contributed by atoms with van der Waals surface area (Å²) in [4.78, 5) is 31.5. The van der Waals surface area contributed by atoms with E-state index in [9.17, 15) is 14.0 Å². The summed E-state index contributed by atoms with van der Waals surface area (Å²) in [5.74, 6) is 0.482. The standard InChI is InChI=1S/C21H23ClFN7O2/c1-2-3-10-28-19-16(13-17(22)24-19)20(31)29(21(28)32)11-4-5-12-30-26-18(25-27-30)14-6-8-15(23)9-7-14/h6-9H,2-5,10-13H2,1H3. The van der Waals surface area contributed by atoms with Gasteiger partial charge in [-0.05, 0) is 48.7 Å². The van der Waals surface area contributed by atoms with Crippen molar-refractivity contribution in [1.82, 2.24) is 29.3 Å². The van der Waals surface area contributed by atoms with Gasteiger partial charge in [0.05, 0.1) is 12.1 Å². The van der Waals surface area contributed by atoms with Gasteiger partial charge in [0.15, 0.2) is 0 Å². The summed E-state index contributed by atoms with van der Waals surface area (Å²) in [5.41, 5.74) is 0.479. The van der Waals surface area contributed by atoms with Gasteiger partial charge < -0.3 is 0 Å². The van der Waals surface area contributed by atoms with Crippen LogP contribution >= 0.6 is 11.6 Å². The number of tetrazole rings is 1. The fraction of sp³-hybridized carbons (Fsp3) is 0.429. The van der Waals surface area contributed by atoms with Gasteiger partial charge in [-0.3, -0.25) is 13.9 Å². The molecule has 11 heteroatoms. The van der Waals surface area contributed by atoms with Gasteiger partial charge in [0.25, 0.3) is 5.56 Å². The molecule has 0 unspecified atom stereocenters. The zero-order valence-corrected chi connectivity index (χ0v) is 18.4. The number of aryl methyl sites for hydroxylation is 1. The van der Waals surface area contributed by atoms with Gasteiger partial charge in [-0.1, -0.05) is 24.9 Å². The first kappa shape index (κ1) is 22.1. The maximum atomic E-state index is 13.1. The number of benzene rings is 1. The Labute approximate surface area is 188 Å². The fourth-order valence-corrected chi connectivity index (χ4v) is 3.83. The average molecular weight is 460 g/mol. The Morgan fingerprint density at radius 1 is 1.03 bits per heavy atom. The number of aliphatic imine (C=N–C) groups is 1. The number of hydrogen-bond acceptors (Lipinski definition) is 6. The second kappa shape index (κ2) is 9.56. The third-order valence-electron chi connectivity index (χ3n) is 5.32. The molecule has 0 saturated heterocycles. The quantitative estimate of drug-likeness (QED) is 0.458. The normalized spacial score (nSPS) is 12.8. The van der Waals surface area contributed by atoms with Crippen molar-refractivity contribution in [3.63, 3.8) is 0 Å². The SMILES string of the molecule is CCCCn1c2c(c(=O)n(CCCCn3nnc(-c4ccc(F)cc4)n3)c1=O)CC(Cl)=N2. The maximum absolute atomic E-state index is 13.1. The van der Waals surface area contributed by atoms with Crippen LogP contribution in [0.3, 0.4) is 0 Å². The van der Waals surface area contributed by atoms with Crippen LogP contribution in [0.2, 0.25) is 0 Å². The van der Waals surface area contributed by atoms with Crippen LogP contribution < -0.4 is 11.2 Å². The van der Waals surface area contributed by atoms with Crippen LogP contribution in [-0.2, 0) is 26.1 Å². The highest BCUT2D eigenvalue weighted by Gasteiger charge is 2.24. The molecule has 0 spiro atoms. The number of nitrogens with zero attached hydrogens (tertiary/aromatic N) is 7. The molecule has 1 aromatic carbocycles. The predicted molar refractivity (Wildman–Crippen MR) is 119 cm³/mol. The van der Waals surface area contributed by atoms with E-state index in [0.29, 0.717) is 53.9 Å². The molecule has 0 saturated carbocycles. The van der Waals surface area contributed by atoms with E-state index in [1.165, 1.54) is 21.5 Å². The lowest BCUT2D eigenvalue weighted by Crippen LogP contribution is -2.41.